The van der Waals surface area contributed by atoms with Crippen molar-refractivity contribution >= 4 is 57.7 Å². The Kier molecular flexibility index (Phi) is 6.83. The van der Waals surface area contributed by atoms with Crippen molar-refractivity contribution in [2.75, 3.05) is 5.32 Å². The van der Waals surface area contributed by atoms with Gasteiger partial charge in [0.05, 0.1) is 33.4 Å². The Hall–Kier alpha value is -2.51. The fourth-order valence-electron chi connectivity index (χ4n) is 2.80. The number of nitrogens with zero attached hydrogens (tertiary/aromatic N) is 2. The lowest BCUT2D eigenvalue weighted by Gasteiger charge is -2.04. The third-order valence-corrected chi connectivity index (χ3v) is 6.29. The molecule has 0 saturated carbocycles. The normalized spacial score (nSPS) is 10.8. The van der Waals surface area contributed by atoms with Crippen molar-refractivity contribution in [3.63, 3.8) is 0 Å². The molecule has 1 N–H and O–H groups in total. The van der Waals surface area contributed by atoms with Gasteiger partial charge in [-0.3, -0.25) is 9.48 Å². The van der Waals surface area contributed by atoms with E-state index in [9.17, 15) is 4.79 Å². The maximum atomic E-state index is 12.6. The van der Waals surface area contributed by atoms with Crippen LogP contribution in [0, 0.1) is 0 Å². The van der Waals surface area contributed by atoms with Gasteiger partial charge < -0.3 is 10.1 Å². The average Bonchev–Trinajstić information content (AvgIpc) is 3.40. The summed E-state index contributed by atoms with van der Waals surface area (Å²) in [5.74, 6) is 0.521. The lowest BCUT2D eigenvalue weighted by molar-refractivity contribution is 0.103. The number of carbonyl (C=O) groups is 1. The van der Waals surface area contributed by atoms with Crippen molar-refractivity contribution in [3.8, 4) is 5.75 Å². The summed E-state index contributed by atoms with van der Waals surface area (Å²) in [5, 5.41) is 10.7. The van der Waals surface area contributed by atoms with Crippen LogP contribution < -0.4 is 10.1 Å². The molecular weight excluding hydrogens is 477 g/mol. The van der Waals surface area contributed by atoms with Gasteiger partial charge in [0.2, 0.25) is 0 Å². The van der Waals surface area contributed by atoms with Crippen molar-refractivity contribution in [2.45, 2.75) is 13.2 Å². The average molecular weight is 493 g/mol. The van der Waals surface area contributed by atoms with Gasteiger partial charge >= 0.3 is 0 Å². The maximum absolute atomic E-state index is 12.6. The van der Waals surface area contributed by atoms with Crippen LogP contribution in [0.2, 0.25) is 15.1 Å². The van der Waals surface area contributed by atoms with Crippen LogP contribution in [-0.2, 0) is 13.2 Å². The maximum Gasteiger partial charge on any atom is 0.265 e. The summed E-state index contributed by atoms with van der Waals surface area (Å²) in [6, 6.07) is 14.4. The number of hydrogen-bond donors (Lipinski definition) is 1. The fourth-order valence-corrected chi connectivity index (χ4v) is 4.04. The van der Waals surface area contributed by atoms with E-state index in [1.165, 1.54) is 11.3 Å². The summed E-state index contributed by atoms with van der Waals surface area (Å²) < 4.78 is 7.44. The van der Waals surface area contributed by atoms with Gasteiger partial charge in [0.15, 0.2) is 0 Å². The van der Waals surface area contributed by atoms with Crippen LogP contribution in [0.3, 0.4) is 0 Å². The van der Waals surface area contributed by atoms with Gasteiger partial charge in [0.1, 0.15) is 12.4 Å². The molecule has 1 amide bonds. The molecule has 0 spiro atoms. The van der Waals surface area contributed by atoms with Crippen molar-refractivity contribution < 1.29 is 9.53 Å². The van der Waals surface area contributed by atoms with E-state index < -0.39 is 0 Å². The molecule has 2 aromatic heterocycles. The third kappa shape index (κ3) is 5.80. The number of anilines is 1. The minimum absolute atomic E-state index is 0.197. The molecule has 0 saturated heterocycles. The molecule has 2 aromatic carbocycles. The number of hydrogen-bond acceptors (Lipinski definition) is 4. The molecule has 0 aliphatic carbocycles. The molecule has 0 radical (unpaired) electrons. The number of rotatable bonds is 7. The molecule has 158 valence electrons. The highest BCUT2D eigenvalue weighted by Gasteiger charge is 2.11. The molecule has 0 aliphatic rings. The Labute approximate surface area is 198 Å². The monoisotopic (exact) mass is 491 g/mol. The first-order valence-corrected chi connectivity index (χ1v) is 11.2. The van der Waals surface area contributed by atoms with Crippen LogP contribution >= 0.6 is 46.1 Å². The van der Waals surface area contributed by atoms with E-state index in [-0.39, 0.29) is 5.91 Å². The molecule has 0 bridgehead atoms. The van der Waals surface area contributed by atoms with Gasteiger partial charge in [-0.25, -0.2) is 0 Å². The molecule has 31 heavy (non-hydrogen) atoms. The first-order chi connectivity index (χ1) is 15.0. The van der Waals surface area contributed by atoms with Gasteiger partial charge in [0, 0.05) is 16.8 Å². The second-order valence-corrected chi connectivity index (χ2v) is 8.85. The second kappa shape index (κ2) is 9.75. The van der Waals surface area contributed by atoms with Gasteiger partial charge in [0.25, 0.3) is 5.91 Å². The summed E-state index contributed by atoms with van der Waals surface area (Å²) in [6.45, 7) is 0.880. The molecule has 0 unspecified atom stereocenters. The number of benzene rings is 2. The highest BCUT2D eigenvalue weighted by Crippen LogP contribution is 2.24. The predicted octanol–water partition coefficient (Wildman–Crippen LogP) is 6.78. The SMILES string of the molecule is O=C(Nc1cnn(Cc2ccc(Cl)c(Cl)c2)c1)c1cc(COc2ccc(Cl)cc2)cs1. The van der Waals surface area contributed by atoms with Crippen LogP contribution in [0.15, 0.2) is 66.3 Å². The minimum atomic E-state index is -0.197. The number of aromatic nitrogens is 2. The zero-order valence-electron chi connectivity index (χ0n) is 16.0. The lowest BCUT2D eigenvalue weighted by atomic mass is 10.2. The van der Waals surface area contributed by atoms with E-state index in [0.717, 1.165) is 16.9 Å². The van der Waals surface area contributed by atoms with Crippen LogP contribution in [0.25, 0.3) is 0 Å². The Morgan fingerprint density at radius 3 is 2.61 bits per heavy atom. The second-order valence-electron chi connectivity index (χ2n) is 6.69. The number of amides is 1. The molecule has 4 rings (SSSR count). The molecule has 9 heteroatoms. The number of carbonyl (C=O) groups excluding carboxylic acids is 1. The Balaban J connectivity index is 1.33. The summed E-state index contributed by atoms with van der Waals surface area (Å²) in [7, 11) is 0. The topological polar surface area (TPSA) is 56.2 Å². The highest BCUT2D eigenvalue weighted by molar-refractivity contribution is 7.12. The lowest BCUT2D eigenvalue weighted by Crippen LogP contribution is -2.09. The number of halogens is 3. The summed E-state index contributed by atoms with van der Waals surface area (Å²) >= 11 is 19.2. The van der Waals surface area contributed by atoms with E-state index in [2.05, 4.69) is 10.4 Å². The summed E-state index contributed by atoms with van der Waals surface area (Å²) in [6.07, 6.45) is 3.37. The van der Waals surface area contributed by atoms with Crippen LogP contribution in [0.4, 0.5) is 5.69 Å². The smallest absolute Gasteiger partial charge is 0.265 e. The minimum Gasteiger partial charge on any atom is -0.489 e. The Bertz CT molecular complexity index is 1200. The summed E-state index contributed by atoms with van der Waals surface area (Å²) in [5.41, 5.74) is 2.48. The molecule has 0 aliphatic heterocycles. The van der Waals surface area contributed by atoms with Crippen molar-refractivity contribution in [1.82, 2.24) is 9.78 Å². The number of nitrogens with one attached hydrogen (secondary N) is 1. The van der Waals surface area contributed by atoms with Gasteiger partial charge in [-0.1, -0.05) is 40.9 Å². The van der Waals surface area contributed by atoms with Crippen LogP contribution in [0.5, 0.6) is 5.75 Å². The van der Waals surface area contributed by atoms with E-state index >= 15 is 0 Å². The molecule has 4 aromatic rings. The number of ether oxygens (including phenoxy) is 1. The molecule has 2 heterocycles. The largest absolute Gasteiger partial charge is 0.489 e. The fraction of sp³-hybridized carbons (Fsp3) is 0.0909. The van der Waals surface area contributed by atoms with Gasteiger partial charge in [-0.05, 0) is 53.4 Å². The zero-order chi connectivity index (χ0) is 21.8. The third-order valence-electron chi connectivity index (χ3n) is 4.32. The predicted molar refractivity (Wildman–Crippen MR) is 126 cm³/mol. The molecule has 0 fully saturated rings. The Morgan fingerprint density at radius 2 is 1.84 bits per heavy atom. The molecule has 0 atom stereocenters. The van der Waals surface area contributed by atoms with E-state index in [1.807, 2.05) is 17.5 Å². The van der Waals surface area contributed by atoms with E-state index in [4.69, 9.17) is 39.5 Å². The van der Waals surface area contributed by atoms with Crippen molar-refractivity contribution in [2.24, 2.45) is 0 Å². The first-order valence-electron chi connectivity index (χ1n) is 9.20. The van der Waals surface area contributed by atoms with Crippen molar-refractivity contribution in [3.05, 3.63) is 97.4 Å². The first kappa shape index (κ1) is 21.7. The highest BCUT2D eigenvalue weighted by atomic mass is 35.5. The Morgan fingerprint density at radius 1 is 1.03 bits per heavy atom. The standard InChI is InChI=1S/C22H16Cl3N3O2S/c23-16-2-4-18(5-3-16)30-12-15-8-21(31-13-15)22(29)27-17-9-26-28(11-17)10-14-1-6-19(24)20(25)7-14/h1-9,11,13H,10,12H2,(H,27,29). The van der Waals surface area contributed by atoms with Gasteiger partial charge in [-0.15, -0.1) is 11.3 Å². The van der Waals surface area contributed by atoms with Gasteiger partial charge in [-0.2, -0.15) is 5.10 Å². The zero-order valence-corrected chi connectivity index (χ0v) is 19.1. The number of thiophene rings is 1. The summed E-state index contributed by atoms with van der Waals surface area (Å²) in [4.78, 5) is 13.2. The van der Waals surface area contributed by atoms with E-state index in [1.54, 1.807) is 53.5 Å². The van der Waals surface area contributed by atoms with Crippen molar-refractivity contribution in [1.29, 1.82) is 0 Å². The quantitative estimate of drug-likeness (QED) is 0.309. The molecule has 5 nitrogen and oxygen atoms in total. The van der Waals surface area contributed by atoms with Crippen LogP contribution in [-0.4, -0.2) is 15.7 Å². The van der Waals surface area contributed by atoms with Crippen LogP contribution in [0.1, 0.15) is 20.8 Å². The molecular formula is C22H16Cl3N3O2S. The van der Waals surface area contributed by atoms with E-state index in [0.29, 0.717) is 38.8 Å².